The minimum Gasteiger partial charge on any atom is -0.497 e. The van der Waals surface area contributed by atoms with Gasteiger partial charge in [0.2, 0.25) is 0 Å². The lowest BCUT2D eigenvalue weighted by atomic mass is 9.94. The van der Waals surface area contributed by atoms with Gasteiger partial charge in [-0.1, -0.05) is 0 Å². The normalized spacial score (nSPS) is 16.6. The number of nitrogens with two attached hydrogens (primary N) is 1. The Labute approximate surface area is 103 Å². The molecule has 17 heavy (non-hydrogen) atoms. The van der Waals surface area contributed by atoms with Crippen LogP contribution in [0.4, 0.5) is 0 Å². The van der Waals surface area contributed by atoms with Gasteiger partial charge in [0, 0.05) is 0 Å². The first-order valence-electron chi connectivity index (χ1n) is 6.19. The zero-order valence-electron chi connectivity index (χ0n) is 10.6. The summed E-state index contributed by atoms with van der Waals surface area (Å²) in [5.41, 5.74) is 7.05. The maximum Gasteiger partial charge on any atom is 0.122 e. The van der Waals surface area contributed by atoms with Gasteiger partial charge >= 0.3 is 0 Å². The van der Waals surface area contributed by atoms with E-state index in [0.717, 1.165) is 30.4 Å². The van der Waals surface area contributed by atoms with Gasteiger partial charge in [0.1, 0.15) is 11.5 Å². The van der Waals surface area contributed by atoms with Gasteiger partial charge in [-0.05, 0) is 61.4 Å². The fourth-order valence-electron chi connectivity index (χ4n) is 2.33. The van der Waals surface area contributed by atoms with E-state index < -0.39 is 0 Å². The molecule has 0 aromatic heterocycles. The van der Waals surface area contributed by atoms with Crippen molar-refractivity contribution in [3.8, 4) is 11.5 Å². The molecule has 2 rings (SSSR count). The fraction of sp³-hybridized carbons (Fsp3) is 0.571. The Kier molecular flexibility index (Phi) is 3.89. The first kappa shape index (κ1) is 12.2. The monoisotopic (exact) mass is 235 g/mol. The van der Waals surface area contributed by atoms with Crippen molar-refractivity contribution in [2.24, 2.45) is 17.6 Å². The SMILES string of the molecule is COc1ccc(OC)c(CC(CN)C2CC2)c1. The van der Waals surface area contributed by atoms with Crippen LogP contribution in [0.5, 0.6) is 11.5 Å². The van der Waals surface area contributed by atoms with E-state index in [9.17, 15) is 0 Å². The third-order valence-electron chi connectivity index (χ3n) is 3.56. The van der Waals surface area contributed by atoms with Crippen LogP contribution in [0.1, 0.15) is 18.4 Å². The summed E-state index contributed by atoms with van der Waals surface area (Å²) in [6, 6.07) is 5.95. The quantitative estimate of drug-likeness (QED) is 0.822. The summed E-state index contributed by atoms with van der Waals surface area (Å²) in [6.07, 6.45) is 3.64. The van der Waals surface area contributed by atoms with Crippen molar-refractivity contribution in [1.29, 1.82) is 0 Å². The largest absolute Gasteiger partial charge is 0.497 e. The predicted octanol–water partition coefficient (Wildman–Crippen LogP) is 2.23. The second kappa shape index (κ2) is 5.41. The zero-order valence-corrected chi connectivity index (χ0v) is 10.6. The molecule has 2 N–H and O–H groups in total. The molecule has 0 spiro atoms. The molecule has 0 bridgehead atoms. The van der Waals surface area contributed by atoms with E-state index in [1.54, 1.807) is 14.2 Å². The van der Waals surface area contributed by atoms with E-state index in [4.69, 9.17) is 15.2 Å². The molecule has 0 aliphatic heterocycles. The summed E-state index contributed by atoms with van der Waals surface area (Å²) in [4.78, 5) is 0. The summed E-state index contributed by atoms with van der Waals surface area (Å²) < 4.78 is 10.7. The molecule has 3 heteroatoms. The molecular formula is C14H21NO2. The summed E-state index contributed by atoms with van der Waals surface area (Å²) in [5.74, 6) is 3.21. The molecule has 0 heterocycles. The van der Waals surface area contributed by atoms with E-state index in [2.05, 4.69) is 6.07 Å². The maximum absolute atomic E-state index is 5.85. The number of benzene rings is 1. The number of hydrogen-bond donors (Lipinski definition) is 1. The van der Waals surface area contributed by atoms with Crippen molar-refractivity contribution >= 4 is 0 Å². The van der Waals surface area contributed by atoms with Crippen LogP contribution < -0.4 is 15.2 Å². The molecule has 1 fully saturated rings. The highest BCUT2D eigenvalue weighted by atomic mass is 16.5. The Morgan fingerprint density at radius 2 is 2.06 bits per heavy atom. The summed E-state index contributed by atoms with van der Waals surface area (Å²) in [7, 11) is 3.40. The molecule has 1 aromatic carbocycles. The molecule has 1 atom stereocenters. The molecule has 1 aliphatic rings. The van der Waals surface area contributed by atoms with E-state index >= 15 is 0 Å². The van der Waals surface area contributed by atoms with Gasteiger partial charge in [-0.3, -0.25) is 0 Å². The Balaban J connectivity index is 2.16. The van der Waals surface area contributed by atoms with Crippen molar-refractivity contribution in [2.45, 2.75) is 19.3 Å². The Morgan fingerprint density at radius 1 is 1.29 bits per heavy atom. The molecular weight excluding hydrogens is 214 g/mol. The Morgan fingerprint density at radius 3 is 2.59 bits per heavy atom. The Bertz CT molecular complexity index is 374. The van der Waals surface area contributed by atoms with Gasteiger partial charge in [-0.2, -0.15) is 0 Å². The highest BCUT2D eigenvalue weighted by molar-refractivity contribution is 5.40. The molecule has 1 aliphatic carbocycles. The molecule has 0 amide bonds. The van der Waals surface area contributed by atoms with Crippen LogP contribution in [0.15, 0.2) is 18.2 Å². The van der Waals surface area contributed by atoms with Gasteiger partial charge in [-0.25, -0.2) is 0 Å². The lowest BCUT2D eigenvalue weighted by molar-refractivity contribution is 0.390. The van der Waals surface area contributed by atoms with Crippen molar-refractivity contribution in [2.75, 3.05) is 20.8 Å². The second-order valence-electron chi connectivity index (χ2n) is 4.72. The number of methoxy groups -OCH3 is 2. The third kappa shape index (κ3) is 2.91. The maximum atomic E-state index is 5.85. The van der Waals surface area contributed by atoms with Crippen molar-refractivity contribution in [3.05, 3.63) is 23.8 Å². The Hall–Kier alpha value is -1.22. The number of ether oxygens (including phenoxy) is 2. The van der Waals surface area contributed by atoms with E-state index in [0.29, 0.717) is 5.92 Å². The number of rotatable bonds is 6. The first-order chi connectivity index (χ1) is 8.28. The van der Waals surface area contributed by atoms with E-state index in [1.165, 1.54) is 18.4 Å². The fourth-order valence-corrected chi connectivity index (χ4v) is 2.33. The standard InChI is InChI=1S/C14H21NO2/c1-16-13-5-6-14(17-2)11(8-13)7-12(9-15)10-3-4-10/h5-6,8,10,12H,3-4,7,9,15H2,1-2H3. The second-order valence-corrected chi connectivity index (χ2v) is 4.72. The molecule has 94 valence electrons. The zero-order chi connectivity index (χ0) is 12.3. The van der Waals surface area contributed by atoms with Crippen LogP contribution in [0.3, 0.4) is 0 Å². The summed E-state index contributed by atoms with van der Waals surface area (Å²) in [5, 5.41) is 0. The lowest BCUT2D eigenvalue weighted by Gasteiger charge is -2.16. The van der Waals surface area contributed by atoms with Crippen LogP contribution in [0.25, 0.3) is 0 Å². The highest BCUT2D eigenvalue weighted by Crippen LogP contribution is 2.39. The van der Waals surface area contributed by atoms with Gasteiger partial charge < -0.3 is 15.2 Å². The highest BCUT2D eigenvalue weighted by Gasteiger charge is 2.30. The molecule has 3 nitrogen and oxygen atoms in total. The molecule has 0 radical (unpaired) electrons. The summed E-state index contributed by atoms with van der Waals surface area (Å²) in [6.45, 7) is 0.755. The predicted molar refractivity (Wildman–Crippen MR) is 68.5 cm³/mol. The molecule has 1 aromatic rings. The minimum atomic E-state index is 0.580. The van der Waals surface area contributed by atoms with Gasteiger partial charge in [0.15, 0.2) is 0 Å². The summed E-state index contributed by atoms with van der Waals surface area (Å²) >= 11 is 0. The van der Waals surface area contributed by atoms with Gasteiger partial charge in [-0.15, -0.1) is 0 Å². The molecule has 1 unspecified atom stereocenters. The van der Waals surface area contributed by atoms with Crippen LogP contribution in [-0.2, 0) is 6.42 Å². The van der Waals surface area contributed by atoms with Crippen LogP contribution in [0.2, 0.25) is 0 Å². The van der Waals surface area contributed by atoms with Crippen LogP contribution >= 0.6 is 0 Å². The van der Waals surface area contributed by atoms with Crippen molar-refractivity contribution in [1.82, 2.24) is 0 Å². The lowest BCUT2D eigenvalue weighted by Crippen LogP contribution is -2.19. The molecule has 1 saturated carbocycles. The minimum absolute atomic E-state index is 0.580. The number of hydrogen-bond acceptors (Lipinski definition) is 3. The van der Waals surface area contributed by atoms with Crippen LogP contribution in [0, 0.1) is 11.8 Å². The molecule has 0 saturated heterocycles. The average Bonchev–Trinajstić information content (AvgIpc) is 3.19. The van der Waals surface area contributed by atoms with E-state index in [1.807, 2.05) is 12.1 Å². The first-order valence-corrected chi connectivity index (χ1v) is 6.19. The van der Waals surface area contributed by atoms with Crippen LogP contribution in [-0.4, -0.2) is 20.8 Å². The average molecular weight is 235 g/mol. The van der Waals surface area contributed by atoms with Gasteiger partial charge in [0.25, 0.3) is 0 Å². The van der Waals surface area contributed by atoms with E-state index in [-0.39, 0.29) is 0 Å². The smallest absolute Gasteiger partial charge is 0.122 e. The topological polar surface area (TPSA) is 44.5 Å². The van der Waals surface area contributed by atoms with Crippen molar-refractivity contribution in [3.63, 3.8) is 0 Å². The third-order valence-corrected chi connectivity index (χ3v) is 3.56. The van der Waals surface area contributed by atoms with Gasteiger partial charge in [0.05, 0.1) is 14.2 Å². The van der Waals surface area contributed by atoms with Crippen molar-refractivity contribution < 1.29 is 9.47 Å².